The van der Waals surface area contributed by atoms with Gasteiger partial charge in [0.2, 0.25) is 5.91 Å². The number of nitrogens with zero attached hydrogens (tertiary/aromatic N) is 2. The SMILES string of the molecule is N#Cc1cnccc1Nc1cccc(C(=O)N[C@@H](CC2CCCC2)C(=O)NC2CC2)c1. The van der Waals surface area contributed by atoms with Gasteiger partial charge in [-0.1, -0.05) is 31.7 Å². The molecule has 2 aliphatic carbocycles. The number of hydrogen-bond acceptors (Lipinski definition) is 5. The molecule has 7 nitrogen and oxygen atoms in total. The molecular weight excluding hydrogens is 390 g/mol. The highest BCUT2D eigenvalue weighted by molar-refractivity contribution is 5.98. The fourth-order valence-corrected chi connectivity index (χ4v) is 4.07. The first-order valence-electron chi connectivity index (χ1n) is 10.9. The molecule has 2 aromatic rings. The van der Waals surface area contributed by atoms with Gasteiger partial charge < -0.3 is 16.0 Å². The highest BCUT2D eigenvalue weighted by atomic mass is 16.2. The van der Waals surface area contributed by atoms with Crippen LogP contribution >= 0.6 is 0 Å². The zero-order valence-corrected chi connectivity index (χ0v) is 17.4. The molecule has 0 aliphatic heterocycles. The second-order valence-corrected chi connectivity index (χ2v) is 8.43. The lowest BCUT2D eigenvalue weighted by Gasteiger charge is -2.21. The topological polar surface area (TPSA) is 107 Å². The summed E-state index contributed by atoms with van der Waals surface area (Å²) >= 11 is 0. The minimum atomic E-state index is -0.516. The number of carbonyl (C=O) groups is 2. The van der Waals surface area contributed by atoms with Crippen molar-refractivity contribution in [1.82, 2.24) is 15.6 Å². The number of amides is 2. The monoisotopic (exact) mass is 417 g/mol. The second-order valence-electron chi connectivity index (χ2n) is 8.43. The third-order valence-electron chi connectivity index (χ3n) is 5.93. The summed E-state index contributed by atoms with van der Waals surface area (Å²) in [6, 6.07) is 10.6. The Bertz CT molecular complexity index is 989. The first-order chi connectivity index (χ1) is 15.1. The molecule has 4 rings (SSSR count). The summed E-state index contributed by atoms with van der Waals surface area (Å²) in [5.41, 5.74) is 2.20. The Balaban J connectivity index is 1.45. The van der Waals surface area contributed by atoms with E-state index in [2.05, 4.69) is 27.0 Å². The number of nitriles is 1. The Morgan fingerprint density at radius 2 is 1.97 bits per heavy atom. The Morgan fingerprint density at radius 1 is 1.16 bits per heavy atom. The van der Waals surface area contributed by atoms with Crippen molar-refractivity contribution >= 4 is 23.2 Å². The average Bonchev–Trinajstić information content (AvgIpc) is 3.45. The van der Waals surface area contributed by atoms with Crippen LogP contribution in [-0.4, -0.2) is 28.9 Å². The maximum Gasteiger partial charge on any atom is 0.252 e. The molecule has 1 atom stereocenters. The molecule has 0 saturated heterocycles. The summed E-state index contributed by atoms with van der Waals surface area (Å²) in [7, 11) is 0. The smallest absolute Gasteiger partial charge is 0.252 e. The standard InChI is InChI=1S/C24H27N5O2/c25-14-18-15-26-11-10-21(18)27-20-7-3-6-17(13-20)23(30)29-22(12-16-4-1-2-5-16)24(31)28-19-8-9-19/h3,6-7,10-11,13,15-16,19,22H,1-2,4-5,8-9,12H2,(H,26,27)(H,28,31)(H,29,30)/t22-/m0/s1. The van der Waals surface area contributed by atoms with E-state index in [9.17, 15) is 14.9 Å². The highest BCUT2D eigenvalue weighted by Crippen LogP contribution is 2.29. The van der Waals surface area contributed by atoms with Crippen molar-refractivity contribution in [3.05, 3.63) is 53.9 Å². The number of anilines is 2. The van der Waals surface area contributed by atoms with E-state index in [1.165, 1.54) is 19.0 Å². The number of pyridine rings is 1. The number of benzene rings is 1. The summed E-state index contributed by atoms with van der Waals surface area (Å²) in [6.45, 7) is 0. The summed E-state index contributed by atoms with van der Waals surface area (Å²) in [5, 5.41) is 18.4. The van der Waals surface area contributed by atoms with Crippen LogP contribution in [0.25, 0.3) is 0 Å². The van der Waals surface area contributed by atoms with Crippen molar-refractivity contribution in [2.24, 2.45) is 5.92 Å². The third-order valence-corrected chi connectivity index (χ3v) is 5.93. The lowest BCUT2D eigenvalue weighted by molar-refractivity contribution is -0.123. The van der Waals surface area contributed by atoms with Crippen molar-refractivity contribution in [2.75, 3.05) is 5.32 Å². The van der Waals surface area contributed by atoms with E-state index in [0.29, 0.717) is 34.8 Å². The van der Waals surface area contributed by atoms with Crippen LogP contribution in [0.3, 0.4) is 0 Å². The Kier molecular flexibility index (Phi) is 6.46. The molecule has 160 valence electrons. The van der Waals surface area contributed by atoms with E-state index in [4.69, 9.17) is 0 Å². The van der Waals surface area contributed by atoms with Crippen molar-refractivity contribution in [3.8, 4) is 6.07 Å². The quantitative estimate of drug-likeness (QED) is 0.608. The van der Waals surface area contributed by atoms with E-state index in [-0.39, 0.29) is 17.9 Å². The van der Waals surface area contributed by atoms with Gasteiger partial charge >= 0.3 is 0 Å². The van der Waals surface area contributed by atoms with Gasteiger partial charge in [-0.15, -0.1) is 0 Å². The van der Waals surface area contributed by atoms with E-state index >= 15 is 0 Å². The number of rotatable bonds is 8. The first-order valence-corrected chi connectivity index (χ1v) is 10.9. The zero-order valence-electron chi connectivity index (χ0n) is 17.4. The second kappa shape index (κ2) is 9.61. The predicted octanol–water partition coefficient (Wildman–Crippen LogP) is 3.65. The van der Waals surface area contributed by atoms with Crippen LogP contribution in [0.2, 0.25) is 0 Å². The third kappa shape index (κ3) is 5.60. The highest BCUT2D eigenvalue weighted by Gasteiger charge is 2.31. The number of nitrogens with one attached hydrogen (secondary N) is 3. The van der Waals surface area contributed by atoms with Crippen LogP contribution in [0.15, 0.2) is 42.7 Å². The van der Waals surface area contributed by atoms with E-state index in [0.717, 1.165) is 25.7 Å². The molecule has 2 fully saturated rings. The summed E-state index contributed by atoms with van der Waals surface area (Å²) in [5.74, 6) is 0.139. The molecule has 3 N–H and O–H groups in total. The van der Waals surface area contributed by atoms with Crippen LogP contribution < -0.4 is 16.0 Å². The van der Waals surface area contributed by atoms with Crippen LogP contribution in [0, 0.1) is 17.2 Å². The molecular formula is C24H27N5O2. The maximum absolute atomic E-state index is 13.0. The fraction of sp³-hybridized carbons (Fsp3) is 0.417. The van der Waals surface area contributed by atoms with Gasteiger partial charge in [-0.3, -0.25) is 14.6 Å². The van der Waals surface area contributed by atoms with Crippen molar-refractivity contribution < 1.29 is 9.59 Å². The Morgan fingerprint density at radius 3 is 2.71 bits per heavy atom. The molecule has 0 radical (unpaired) electrons. The summed E-state index contributed by atoms with van der Waals surface area (Å²) in [6.07, 6.45) is 10.4. The summed E-state index contributed by atoms with van der Waals surface area (Å²) < 4.78 is 0. The molecule has 2 saturated carbocycles. The first kappa shape index (κ1) is 20.9. The van der Waals surface area contributed by atoms with Gasteiger partial charge in [0.05, 0.1) is 11.3 Å². The van der Waals surface area contributed by atoms with Gasteiger partial charge in [0, 0.05) is 29.7 Å². The number of hydrogen-bond donors (Lipinski definition) is 3. The van der Waals surface area contributed by atoms with E-state index in [1.54, 1.807) is 30.5 Å². The molecule has 31 heavy (non-hydrogen) atoms. The van der Waals surface area contributed by atoms with Crippen LogP contribution in [0.1, 0.15) is 60.9 Å². The van der Waals surface area contributed by atoms with Gasteiger partial charge in [-0.05, 0) is 49.4 Å². The molecule has 1 aromatic carbocycles. The molecule has 0 unspecified atom stereocenters. The molecule has 2 aliphatic rings. The molecule has 0 bridgehead atoms. The molecule has 1 heterocycles. The van der Waals surface area contributed by atoms with E-state index < -0.39 is 6.04 Å². The molecule has 7 heteroatoms. The van der Waals surface area contributed by atoms with E-state index in [1.807, 2.05) is 6.07 Å². The molecule has 2 amide bonds. The largest absolute Gasteiger partial charge is 0.354 e. The number of aromatic nitrogens is 1. The van der Waals surface area contributed by atoms with Gasteiger partial charge in [0.25, 0.3) is 5.91 Å². The van der Waals surface area contributed by atoms with Crippen LogP contribution in [0.5, 0.6) is 0 Å². The minimum Gasteiger partial charge on any atom is -0.354 e. The maximum atomic E-state index is 13.0. The van der Waals surface area contributed by atoms with Crippen LogP contribution in [-0.2, 0) is 4.79 Å². The Labute approximate surface area is 182 Å². The van der Waals surface area contributed by atoms with Gasteiger partial charge in [0.1, 0.15) is 12.1 Å². The lowest BCUT2D eigenvalue weighted by Crippen LogP contribution is -2.48. The van der Waals surface area contributed by atoms with Gasteiger partial charge in [-0.2, -0.15) is 5.26 Å². The van der Waals surface area contributed by atoms with Crippen molar-refractivity contribution in [3.63, 3.8) is 0 Å². The minimum absolute atomic E-state index is 0.0764. The summed E-state index contributed by atoms with van der Waals surface area (Å²) in [4.78, 5) is 29.7. The van der Waals surface area contributed by atoms with Crippen molar-refractivity contribution in [1.29, 1.82) is 5.26 Å². The lowest BCUT2D eigenvalue weighted by atomic mass is 9.97. The molecule has 1 aromatic heterocycles. The molecule has 0 spiro atoms. The average molecular weight is 418 g/mol. The van der Waals surface area contributed by atoms with Gasteiger partial charge in [-0.25, -0.2) is 0 Å². The van der Waals surface area contributed by atoms with Crippen LogP contribution in [0.4, 0.5) is 11.4 Å². The zero-order chi connectivity index (χ0) is 21.6. The Hall–Kier alpha value is -3.40. The number of carbonyl (C=O) groups excluding carboxylic acids is 2. The fourth-order valence-electron chi connectivity index (χ4n) is 4.07. The van der Waals surface area contributed by atoms with Gasteiger partial charge in [0.15, 0.2) is 0 Å². The normalized spacial score (nSPS) is 16.9. The predicted molar refractivity (Wildman–Crippen MR) is 118 cm³/mol. The van der Waals surface area contributed by atoms with Crippen molar-refractivity contribution in [2.45, 2.75) is 57.0 Å².